The van der Waals surface area contributed by atoms with Gasteiger partial charge in [-0.25, -0.2) is 0 Å². The predicted molar refractivity (Wildman–Crippen MR) is 178 cm³/mol. The molecule has 2 heterocycles. The van der Waals surface area contributed by atoms with Gasteiger partial charge in [0.05, 0.1) is 0 Å². The molecule has 1 aromatic carbocycles. The van der Waals surface area contributed by atoms with Crippen LogP contribution in [0.4, 0.5) is 0 Å². The lowest BCUT2D eigenvalue weighted by Crippen LogP contribution is -2.33. The number of benzene rings is 1. The minimum atomic E-state index is 0. The van der Waals surface area contributed by atoms with Crippen molar-refractivity contribution in [3.05, 3.63) is 35.4 Å². The van der Waals surface area contributed by atoms with E-state index in [1.807, 2.05) is 0 Å². The maximum Gasteiger partial charge on any atom is 0.0234 e. The molecule has 0 unspecified atom stereocenters. The number of hydrogen-bond donors (Lipinski definition) is 2. The van der Waals surface area contributed by atoms with Crippen LogP contribution in [0.15, 0.2) is 24.3 Å². The van der Waals surface area contributed by atoms with Gasteiger partial charge in [-0.15, -0.1) is 12.4 Å². The summed E-state index contributed by atoms with van der Waals surface area (Å²) in [6, 6.07) is 9.54. The van der Waals surface area contributed by atoms with Gasteiger partial charge in [-0.2, -0.15) is 47.0 Å². The molecule has 0 aliphatic carbocycles. The first-order valence-electron chi connectivity index (χ1n) is 14.1. The first kappa shape index (κ1) is 34.0. The highest BCUT2D eigenvalue weighted by Gasteiger charge is 2.10. The Labute approximate surface area is 251 Å². The second kappa shape index (κ2) is 23.5. The van der Waals surface area contributed by atoms with Crippen molar-refractivity contribution in [1.29, 1.82) is 0 Å². The summed E-state index contributed by atoms with van der Waals surface area (Å²) in [4.78, 5) is 5.32. The first-order chi connectivity index (χ1) is 17.9. The van der Waals surface area contributed by atoms with Crippen LogP contribution in [0, 0.1) is 0 Å². The maximum absolute atomic E-state index is 3.67. The van der Waals surface area contributed by atoms with Gasteiger partial charge in [0.2, 0.25) is 0 Å². The molecular formula is C28H51ClN4S4. The van der Waals surface area contributed by atoms with Crippen LogP contribution in [0.5, 0.6) is 0 Å². The van der Waals surface area contributed by atoms with E-state index >= 15 is 0 Å². The summed E-state index contributed by atoms with van der Waals surface area (Å²) in [5.41, 5.74) is 2.92. The van der Waals surface area contributed by atoms with Gasteiger partial charge in [-0.05, 0) is 86.0 Å². The summed E-state index contributed by atoms with van der Waals surface area (Å²) in [6.45, 7) is 11.4. The van der Waals surface area contributed by atoms with E-state index in [1.165, 1.54) is 95.9 Å². The molecule has 4 nitrogen and oxygen atoms in total. The molecule has 0 atom stereocenters. The smallest absolute Gasteiger partial charge is 0.0234 e. The van der Waals surface area contributed by atoms with Gasteiger partial charge in [0.15, 0.2) is 0 Å². The number of hydrogen-bond acceptors (Lipinski definition) is 8. The lowest BCUT2D eigenvalue weighted by molar-refractivity contribution is 0.264. The normalized spacial score (nSPS) is 22.3. The van der Waals surface area contributed by atoms with Gasteiger partial charge in [-0.1, -0.05) is 24.3 Å². The van der Waals surface area contributed by atoms with Crippen LogP contribution in [0.25, 0.3) is 0 Å². The zero-order valence-corrected chi connectivity index (χ0v) is 26.9. The predicted octanol–water partition coefficient (Wildman–Crippen LogP) is 5.41. The summed E-state index contributed by atoms with van der Waals surface area (Å²) in [5, 5.41) is 7.34. The van der Waals surface area contributed by atoms with Crippen LogP contribution in [-0.2, 0) is 13.1 Å². The van der Waals surface area contributed by atoms with Crippen LogP contribution in [0.2, 0.25) is 0 Å². The van der Waals surface area contributed by atoms with Gasteiger partial charge in [0, 0.05) is 62.3 Å². The molecule has 0 spiro atoms. The van der Waals surface area contributed by atoms with Crippen LogP contribution < -0.4 is 10.6 Å². The van der Waals surface area contributed by atoms with Crippen LogP contribution in [0.3, 0.4) is 0 Å². The Kier molecular flexibility index (Phi) is 21.5. The first-order valence-corrected chi connectivity index (χ1v) is 18.8. The molecule has 2 aliphatic rings. The van der Waals surface area contributed by atoms with E-state index in [4.69, 9.17) is 0 Å². The Morgan fingerprint density at radius 1 is 0.486 bits per heavy atom. The molecule has 2 N–H and O–H groups in total. The van der Waals surface area contributed by atoms with Crippen molar-refractivity contribution >= 4 is 59.5 Å². The van der Waals surface area contributed by atoms with Crippen molar-refractivity contribution in [1.82, 2.24) is 20.4 Å². The topological polar surface area (TPSA) is 30.5 Å². The molecule has 0 amide bonds. The van der Waals surface area contributed by atoms with E-state index in [-0.39, 0.29) is 12.4 Å². The lowest BCUT2D eigenvalue weighted by Gasteiger charge is -2.24. The monoisotopic (exact) mass is 606 g/mol. The molecule has 0 saturated carbocycles. The fourth-order valence-electron chi connectivity index (χ4n) is 4.55. The van der Waals surface area contributed by atoms with Crippen molar-refractivity contribution in [3.8, 4) is 0 Å². The molecule has 2 fully saturated rings. The third kappa shape index (κ3) is 17.2. The van der Waals surface area contributed by atoms with E-state index in [9.17, 15) is 0 Å². The third-order valence-electron chi connectivity index (χ3n) is 6.60. The highest BCUT2D eigenvalue weighted by atomic mass is 35.5. The van der Waals surface area contributed by atoms with Crippen molar-refractivity contribution < 1.29 is 0 Å². The molecule has 214 valence electrons. The molecule has 0 bridgehead atoms. The fourth-order valence-corrected chi connectivity index (χ4v) is 8.62. The largest absolute Gasteiger partial charge is 0.315 e. The second-order valence-electron chi connectivity index (χ2n) is 9.73. The fraction of sp³-hybridized carbons (Fsp3) is 0.786. The number of thioether (sulfide) groups is 4. The van der Waals surface area contributed by atoms with Crippen molar-refractivity contribution in [3.63, 3.8) is 0 Å². The van der Waals surface area contributed by atoms with E-state index in [1.54, 1.807) is 0 Å². The molecule has 9 heteroatoms. The molecule has 0 aromatic heterocycles. The second-order valence-corrected chi connectivity index (χ2v) is 14.6. The Bertz CT molecular complexity index is 573. The van der Waals surface area contributed by atoms with E-state index in [0.717, 1.165) is 52.4 Å². The third-order valence-corrected chi connectivity index (χ3v) is 11.4. The van der Waals surface area contributed by atoms with Crippen LogP contribution in [-0.4, -0.2) is 108 Å². The van der Waals surface area contributed by atoms with Gasteiger partial charge in [0.1, 0.15) is 0 Å². The summed E-state index contributed by atoms with van der Waals surface area (Å²) in [5.74, 6) is 10.4. The quantitative estimate of drug-likeness (QED) is 0.470. The SMILES string of the molecule is Cl.c1cc(CN2CCCSCCSCCCNCC2)ccc1CN1CCCSCCSCCCNCC1. The lowest BCUT2D eigenvalue weighted by atomic mass is 10.1. The highest BCUT2D eigenvalue weighted by molar-refractivity contribution is 8.03. The number of halogens is 1. The van der Waals surface area contributed by atoms with E-state index < -0.39 is 0 Å². The van der Waals surface area contributed by atoms with Crippen molar-refractivity contribution in [2.75, 3.05) is 98.4 Å². The van der Waals surface area contributed by atoms with Crippen LogP contribution >= 0.6 is 59.5 Å². The number of rotatable bonds is 4. The highest BCUT2D eigenvalue weighted by Crippen LogP contribution is 2.14. The van der Waals surface area contributed by atoms with Gasteiger partial charge in [0.25, 0.3) is 0 Å². The minimum absolute atomic E-state index is 0. The minimum Gasteiger partial charge on any atom is -0.315 e. The molecule has 2 saturated heterocycles. The van der Waals surface area contributed by atoms with Crippen molar-refractivity contribution in [2.24, 2.45) is 0 Å². The maximum atomic E-state index is 3.67. The average molecular weight is 607 g/mol. The standard InChI is InChI=1S/C28H50N4S4.ClH/c1-9-29-11-15-31(13-3-19-35-23-21-33-17-1)25-27-5-7-28(8-6-27)26-32-14-4-20-36-24-22-34-18-2-10-30-12-16-32;/h5-8,29-30H,1-4,9-26H2;1H. The van der Waals surface area contributed by atoms with E-state index in [0.29, 0.717) is 0 Å². The summed E-state index contributed by atoms with van der Waals surface area (Å²) < 4.78 is 0. The van der Waals surface area contributed by atoms with Crippen molar-refractivity contribution in [2.45, 2.75) is 38.8 Å². The Morgan fingerprint density at radius 2 is 0.865 bits per heavy atom. The molecule has 37 heavy (non-hydrogen) atoms. The molecule has 0 radical (unpaired) electrons. The summed E-state index contributed by atoms with van der Waals surface area (Å²) in [6.07, 6.45) is 5.19. The molecule has 2 aliphatic heterocycles. The number of nitrogens with zero attached hydrogens (tertiary/aromatic N) is 2. The Balaban J connectivity index is 0.00000481. The van der Waals surface area contributed by atoms with Crippen LogP contribution in [0.1, 0.15) is 36.8 Å². The number of nitrogens with one attached hydrogen (secondary N) is 2. The Hall–Kier alpha value is 0.750. The van der Waals surface area contributed by atoms with Gasteiger partial charge < -0.3 is 10.6 Å². The Morgan fingerprint density at radius 3 is 1.27 bits per heavy atom. The zero-order chi connectivity index (χ0) is 24.9. The molecule has 3 rings (SSSR count). The zero-order valence-electron chi connectivity index (χ0n) is 22.8. The molecule has 1 aromatic rings. The summed E-state index contributed by atoms with van der Waals surface area (Å²) in [7, 11) is 0. The van der Waals surface area contributed by atoms with Gasteiger partial charge in [-0.3, -0.25) is 9.80 Å². The van der Waals surface area contributed by atoms with Gasteiger partial charge >= 0.3 is 0 Å². The molecular weight excluding hydrogens is 556 g/mol. The summed E-state index contributed by atoms with van der Waals surface area (Å²) >= 11 is 8.53. The van der Waals surface area contributed by atoms with E-state index in [2.05, 4.69) is 91.7 Å². The average Bonchev–Trinajstić information content (AvgIpc) is 2.89.